The van der Waals surface area contributed by atoms with Crippen molar-refractivity contribution in [3.8, 4) is 0 Å². The summed E-state index contributed by atoms with van der Waals surface area (Å²) in [5.74, 6) is 1.02. The van der Waals surface area contributed by atoms with Gasteiger partial charge in [0.25, 0.3) is 5.91 Å². The van der Waals surface area contributed by atoms with E-state index in [4.69, 9.17) is 0 Å². The molecule has 4 nitrogen and oxygen atoms in total. The zero-order valence-electron chi connectivity index (χ0n) is 14.2. The summed E-state index contributed by atoms with van der Waals surface area (Å²) in [6.07, 6.45) is 6.21. The third-order valence-electron chi connectivity index (χ3n) is 4.51. The Labute approximate surface area is 143 Å². The number of hydrogen-bond acceptors (Lipinski definition) is 3. The maximum atomic E-state index is 12.9. The van der Waals surface area contributed by atoms with Gasteiger partial charge in [0.05, 0.1) is 6.04 Å². The number of nitrogens with zero attached hydrogens (tertiary/aromatic N) is 2. The molecule has 126 valence electrons. The highest BCUT2D eigenvalue weighted by atomic mass is 16.2. The van der Waals surface area contributed by atoms with Gasteiger partial charge in [-0.3, -0.25) is 4.79 Å². The maximum Gasteiger partial charge on any atom is 0.254 e. The number of pyridine rings is 1. The first-order valence-corrected chi connectivity index (χ1v) is 8.85. The summed E-state index contributed by atoms with van der Waals surface area (Å²) in [6.45, 7) is 3.87. The summed E-state index contributed by atoms with van der Waals surface area (Å²) in [4.78, 5) is 19.4. The predicted octanol–water partition coefficient (Wildman–Crippen LogP) is 4.27. The van der Waals surface area contributed by atoms with Gasteiger partial charge in [0.1, 0.15) is 5.82 Å². The fraction of sp³-hybridized carbons (Fsp3) is 0.400. The molecule has 1 aliphatic rings. The van der Waals surface area contributed by atoms with E-state index in [2.05, 4.69) is 23.3 Å². The lowest BCUT2D eigenvalue weighted by molar-refractivity contribution is 0.0611. The minimum Gasteiger partial charge on any atom is -0.370 e. The summed E-state index contributed by atoms with van der Waals surface area (Å²) in [5, 5.41) is 3.29. The number of piperidine rings is 1. The molecular formula is C20H25N3O. The van der Waals surface area contributed by atoms with Gasteiger partial charge in [-0.25, -0.2) is 4.98 Å². The molecular weight excluding hydrogens is 298 g/mol. The normalized spacial score (nSPS) is 17.5. The molecule has 0 aliphatic carbocycles. The fourth-order valence-electron chi connectivity index (χ4n) is 3.23. The second-order valence-electron chi connectivity index (χ2n) is 6.28. The van der Waals surface area contributed by atoms with Crippen LogP contribution < -0.4 is 5.32 Å². The molecule has 2 heterocycles. The first kappa shape index (κ1) is 16.5. The molecule has 0 saturated carbocycles. The Morgan fingerprint density at radius 2 is 2.04 bits per heavy atom. The lowest BCUT2D eigenvalue weighted by Gasteiger charge is -2.36. The number of rotatable bonds is 5. The Balaban J connectivity index is 1.78. The summed E-state index contributed by atoms with van der Waals surface area (Å²) in [6, 6.07) is 13.8. The highest BCUT2D eigenvalue weighted by molar-refractivity contribution is 5.94. The summed E-state index contributed by atoms with van der Waals surface area (Å²) in [5.41, 5.74) is 1.89. The van der Waals surface area contributed by atoms with E-state index in [-0.39, 0.29) is 11.9 Å². The molecule has 2 aromatic rings. The van der Waals surface area contributed by atoms with Crippen molar-refractivity contribution >= 4 is 11.7 Å². The third-order valence-corrected chi connectivity index (χ3v) is 4.51. The monoisotopic (exact) mass is 323 g/mol. The van der Waals surface area contributed by atoms with Crippen LogP contribution in [0.2, 0.25) is 0 Å². The van der Waals surface area contributed by atoms with Crippen LogP contribution in [0.15, 0.2) is 48.7 Å². The number of aromatic nitrogens is 1. The van der Waals surface area contributed by atoms with Crippen molar-refractivity contribution in [2.45, 2.75) is 38.6 Å². The molecule has 1 amide bonds. The Kier molecular flexibility index (Phi) is 5.47. The fourth-order valence-corrected chi connectivity index (χ4v) is 3.23. The largest absolute Gasteiger partial charge is 0.370 e. The molecule has 24 heavy (non-hydrogen) atoms. The van der Waals surface area contributed by atoms with Gasteiger partial charge in [-0.05, 0) is 49.4 Å². The van der Waals surface area contributed by atoms with Gasteiger partial charge >= 0.3 is 0 Å². The summed E-state index contributed by atoms with van der Waals surface area (Å²) in [7, 11) is 0. The molecule has 3 rings (SSSR count). The van der Waals surface area contributed by atoms with E-state index >= 15 is 0 Å². The number of anilines is 1. The standard InChI is InChI=1S/C20H25N3O/c1-2-13-21-19-12-11-17(15-22-19)18-10-6-7-14-23(18)20(24)16-8-4-3-5-9-16/h3-5,8-9,11-12,15,18H,2,6-7,10,13-14H2,1H3,(H,21,22). The highest BCUT2D eigenvalue weighted by Gasteiger charge is 2.28. The minimum absolute atomic E-state index is 0.119. The molecule has 0 radical (unpaired) electrons. The molecule has 1 unspecified atom stereocenters. The van der Waals surface area contributed by atoms with E-state index in [1.54, 1.807) is 0 Å². The van der Waals surface area contributed by atoms with Gasteiger partial charge < -0.3 is 10.2 Å². The first-order chi connectivity index (χ1) is 11.8. The van der Waals surface area contributed by atoms with Gasteiger partial charge in [0, 0.05) is 24.8 Å². The van der Waals surface area contributed by atoms with E-state index in [0.717, 1.165) is 55.7 Å². The Morgan fingerprint density at radius 1 is 1.21 bits per heavy atom. The number of carbonyl (C=O) groups excluding carboxylic acids is 1. The Morgan fingerprint density at radius 3 is 2.75 bits per heavy atom. The maximum absolute atomic E-state index is 12.9. The molecule has 1 N–H and O–H groups in total. The van der Waals surface area contributed by atoms with E-state index in [1.807, 2.05) is 47.5 Å². The number of hydrogen-bond donors (Lipinski definition) is 1. The van der Waals surface area contributed by atoms with Crippen LogP contribution in [0, 0.1) is 0 Å². The van der Waals surface area contributed by atoms with Crippen LogP contribution in [0.25, 0.3) is 0 Å². The minimum atomic E-state index is 0.119. The Bertz CT molecular complexity index is 654. The Hall–Kier alpha value is -2.36. The van der Waals surface area contributed by atoms with Crippen LogP contribution >= 0.6 is 0 Å². The van der Waals surface area contributed by atoms with Crippen LogP contribution in [0.4, 0.5) is 5.82 Å². The van der Waals surface area contributed by atoms with Gasteiger partial charge in [-0.2, -0.15) is 0 Å². The second-order valence-corrected chi connectivity index (χ2v) is 6.28. The van der Waals surface area contributed by atoms with E-state index in [9.17, 15) is 4.79 Å². The van der Waals surface area contributed by atoms with Crippen molar-refractivity contribution in [2.24, 2.45) is 0 Å². The molecule has 1 aromatic carbocycles. The second kappa shape index (κ2) is 7.95. The molecule has 1 aliphatic heterocycles. The molecule has 1 saturated heterocycles. The summed E-state index contributed by atoms with van der Waals surface area (Å²) >= 11 is 0. The van der Waals surface area contributed by atoms with E-state index < -0.39 is 0 Å². The van der Waals surface area contributed by atoms with Gasteiger partial charge in [0.15, 0.2) is 0 Å². The van der Waals surface area contributed by atoms with Gasteiger partial charge in [-0.1, -0.05) is 31.2 Å². The number of carbonyl (C=O) groups is 1. The smallest absolute Gasteiger partial charge is 0.254 e. The van der Waals surface area contributed by atoms with Crippen molar-refractivity contribution in [1.82, 2.24) is 9.88 Å². The van der Waals surface area contributed by atoms with Crippen LogP contribution in [0.3, 0.4) is 0 Å². The topological polar surface area (TPSA) is 45.2 Å². The van der Waals surface area contributed by atoms with E-state index in [1.165, 1.54) is 0 Å². The lowest BCUT2D eigenvalue weighted by atomic mass is 9.95. The SMILES string of the molecule is CCCNc1ccc(C2CCCCN2C(=O)c2ccccc2)cn1. The van der Waals surface area contributed by atoms with Crippen molar-refractivity contribution in [3.05, 3.63) is 59.8 Å². The van der Waals surface area contributed by atoms with Crippen molar-refractivity contribution in [2.75, 3.05) is 18.4 Å². The zero-order chi connectivity index (χ0) is 16.8. The van der Waals surface area contributed by atoms with E-state index in [0.29, 0.717) is 0 Å². The van der Waals surface area contributed by atoms with Gasteiger partial charge in [0.2, 0.25) is 0 Å². The summed E-state index contributed by atoms with van der Waals surface area (Å²) < 4.78 is 0. The highest BCUT2D eigenvalue weighted by Crippen LogP contribution is 2.32. The van der Waals surface area contributed by atoms with Crippen LogP contribution in [-0.2, 0) is 0 Å². The number of likely N-dealkylation sites (tertiary alicyclic amines) is 1. The molecule has 4 heteroatoms. The molecule has 1 atom stereocenters. The number of benzene rings is 1. The van der Waals surface area contributed by atoms with Crippen LogP contribution in [0.5, 0.6) is 0 Å². The zero-order valence-corrected chi connectivity index (χ0v) is 14.2. The van der Waals surface area contributed by atoms with Gasteiger partial charge in [-0.15, -0.1) is 0 Å². The number of nitrogens with one attached hydrogen (secondary N) is 1. The molecule has 0 spiro atoms. The van der Waals surface area contributed by atoms with Crippen LogP contribution in [-0.4, -0.2) is 28.9 Å². The van der Waals surface area contributed by atoms with Crippen molar-refractivity contribution < 1.29 is 4.79 Å². The molecule has 1 aromatic heterocycles. The quantitative estimate of drug-likeness (QED) is 0.893. The number of amides is 1. The van der Waals surface area contributed by atoms with Crippen LogP contribution in [0.1, 0.15) is 54.6 Å². The average Bonchev–Trinajstić information content (AvgIpc) is 2.67. The van der Waals surface area contributed by atoms with Crippen molar-refractivity contribution in [3.63, 3.8) is 0 Å². The average molecular weight is 323 g/mol. The first-order valence-electron chi connectivity index (χ1n) is 8.85. The van der Waals surface area contributed by atoms with Crippen molar-refractivity contribution in [1.29, 1.82) is 0 Å². The third kappa shape index (κ3) is 3.75. The lowest BCUT2D eigenvalue weighted by Crippen LogP contribution is -2.38. The molecule has 0 bridgehead atoms. The predicted molar refractivity (Wildman–Crippen MR) is 97.1 cm³/mol. The molecule has 1 fully saturated rings.